The molecule has 0 atom stereocenters. The third-order valence-electron chi connectivity index (χ3n) is 2.99. The Morgan fingerprint density at radius 2 is 2.24 bits per heavy atom. The third-order valence-corrected chi connectivity index (χ3v) is 2.99. The summed E-state index contributed by atoms with van der Waals surface area (Å²) >= 11 is 0. The van der Waals surface area contributed by atoms with Crippen molar-refractivity contribution in [3.05, 3.63) is 47.4 Å². The molecule has 0 amide bonds. The molecule has 3 aromatic rings. The average Bonchev–Trinajstić information content (AvgIpc) is 3.08. The van der Waals surface area contributed by atoms with Crippen molar-refractivity contribution in [2.24, 2.45) is 5.73 Å². The summed E-state index contributed by atoms with van der Waals surface area (Å²) in [4.78, 5) is 4.28. The van der Waals surface area contributed by atoms with Gasteiger partial charge in [-0.3, -0.25) is 0 Å². The van der Waals surface area contributed by atoms with Crippen molar-refractivity contribution in [2.45, 2.75) is 20.0 Å². The van der Waals surface area contributed by atoms with Crippen LogP contribution >= 0.6 is 0 Å². The number of hydrogen-bond donors (Lipinski definition) is 1. The first-order valence-electron chi connectivity index (χ1n) is 6.34. The van der Waals surface area contributed by atoms with Gasteiger partial charge in [0.15, 0.2) is 0 Å². The number of aryl methyl sites for hydroxylation is 1. The number of halogens is 1. The Balaban J connectivity index is 1.82. The quantitative estimate of drug-likeness (QED) is 0.777. The van der Waals surface area contributed by atoms with Crippen molar-refractivity contribution < 1.29 is 8.91 Å². The topological polar surface area (TPSA) is 95.7 Å². The van der Waals surface area contributed by atoms with E-state index in [9.17, 15) is 4.39 Å². The molecule has 0 aliphatic heterocycles. The fraction of sp³-hybridized carbons (Fsp3) is 0.231. The standard InChI is InChI=1S/C13H13FN6O/c1-8-4-9(14)2-3-11(8)13-16-12(21-18-13)7-20-6-10(5-15)17-19-20/h2-4,6H,5,7,15H2,1H3. The minimum atomic E-state index is -0.295. The van der Waals surface area contributed by atoms with Gasteiger partial charge in [0.1, 0.15) is 12.4 Å². The van der Waals surface area contributed by atoms with Gasteiger partial charge >= 0.3 is 0 Å². The third kappa shape index (κ3) is 2.79. The Bertz CT molecular complexity index is 766. The maximum absolute atomic E-state index is 13.1. The summed E-state index contributed by atoms with van der Waals surface area (Å²) < 4.78 is 19.8. The average molecular weight is 288 g/mol. The van der Waals surface area contributed by atoms with Gasteiger partial charge < -0.3 is 10.3 Å². The van der Waals surface area contributed by atoms with Crippen LogP contribution in [0.5, 0.6) is 0 Å². The lowest BCUT2D eigenvalue weighted by atomic mass is 10.1. The van der Waals surface area contributed by atoms with Crippen molar-refractivity contribution in [3.63, 3.8) is 0 Å². The highest BCUT2D eigenvalue weighted by Gasteiger charge is 2.12. The van der Waals surface area contributed by atoms with E-state index in [0.29, 0.717) is 30.5 Å². The SMILES string of the molecule is Cc1cc(F)ccc1-c1noc(Cn2cc(CN)nn2)n1. The maximum atomic E-state index is 13.1. The fourth-order valence-corrected chi connectivity index (χ4v) is 1.95. The number of aromatic nitrogens is 5. The summed E-state index contributed by atoms with van der Waals surface area (Å²) in [6.07, 6.45) is 1.72. The fourth-order valence-electron chi connectivity index (χ4n) is 1.95. The van der Waals surface area contributed by atoms with Gasteiger partial charge in [-0.05, 0) is 30.7 Å². The summed E-state index contributed by atoms with van der Waals surface area (Å²) in [7, 11) is 0. The van der Waals surface area contributed by atoms with E-state index in [0.717, 1.165) is 11.1 Å². The second-order valence-electron chi connectivity index (χ2n) is 4.58. The molecule has 0 saturated carbocycles. The molecule has 2 heterocycles. The first-order valence-corrected chi connectivity index (χ1v) is 6.34. The summed E-state index contributed by atoms with van der Waals surface area (Å²) in [5.74, 6) is 0.515. The molecule has 2 N–H and O–H groups in total. The van der Waals surface area contributed by atoms with Crippen molar-refractivity contribution in [1.29, 1.82) is 0 Å². The van der Waals surface area contributed by atoms with Gasteiger partial charge in [0.25, 0.3) is 0 Å². The molecule has 3 rings (SSSR count). The number of hydrogen-bond acceptors (Lipinski definition) is 6. The predicted octanol–water partition coefficient (Wildman–Crippen LogP) is 1.28. The first-order chi connectivity index (χ1) is 10.2. The molecule has 0 saturated heterocycles. The molecular formula is C13H13FN6O. The van der Waals surface area contributed by atoms with Crippen LogP contribution in [0.3, 0.4) is 0 Å². The van der Waals surface area contributed by atoms with Crippen LogP contribution in [0.2, 0.25) is 0 Å². The Morgan fingerprint density at radius 3 is 2.95 bits per heavy atom. The Kier molecular flexibility index (Phi) is 3.44. The second-order valence-corrected chi connectivity index (χ2v) is 4.58. The van der Waals surface area contributed by atoms with Gasteiger partial charge in [-0.1, -0.05) is 10.4 Å². The highest BCUT2D eigenvalue weighted by Crippen LogP contribution is 2.21. The molecule has 0 fully saturated rings. The molecule has 0 radical (unpaired) electrons. The van der Waals surface area contributed by atoms with E-state index in [-0.39, 0.29) is 5.82 Å². The first kappa shape index (κ1) is 13.4. The summed E-state index contributed by atoms with van der Waals surface area (Å²) in [6.45, 7) is 2.42. The number of nitrogens with two attached hydrogens (primary N) is 1. The molecule has 0 aliphatic rings. The van der Waals surface area contributed by atoms with E-state index >= 15 is 0 Å². The Hall–Kier alpha value is -2.61. The number of benzene rings is 1. The second kappa shape index (κ2) is 5.41. The molecule has 8 heteroatoms. The van der Waals surface area contributed by atoms with Crippen molar-refractivity contribution >= 4 is 0 Å². The molecule has 108 valence electrons. The lowest BCUT2D eigenvalue weighted by molar-refractivity contribution is 0.364. The van der Waals surface area contributed by atoms with Crippen LogP contribution in [0.1, 0.15) is 17.1 Å². The molecule has 0 spiro atoms. The van der Waals surface area contributed by atoms with Crippen LogP contribution < -0.4 is 5.73 Å². The van der Waals surface area contributed by atoms with E-state index in [1.54, 1.807) is 23.9 Å². The zero-order valence-corrected chi connectivity index (χ0v) is 11.3. The van der Waals surface area contributed by atoms with Crippen molar-refractivity contribution in [3.8, 4) is 11.4 Å². The normalized spacial score (nSPS) is 11.0. The summed E-state index contributed by atoms with van der Waals surface area (Å²) in [5.41, 5.74) is 7.63. The summed E-state index contributed by atoms with van der Waals surface area (Å²) in [5, 5.41) is 11.7. The molecule has 0 aliphatic carbocycles. The minimum Gasteiger partial charge on any atom is -0.337 e. The lowest BCUT2D eigenvalue weighted by Gasteiger charge is -1.99. The highest BCUT2D eigenvalue weighted by atomic mass is 19.1. The van der Waals surface area contributed by atoms with Gasteiger partial charge in [0.2, 0.25) is 11.7 Å². The summed E-state index contributed by atoms with van der Waals surface area (Å²) in [6, 6.07) is 4.42. The van der Waals surface area contributed by atoms with E-state index in [2.05, 4.69) is 20.5 Å². The van der Waals surface area contributed by atoms with Crippen LogP contribution in [0.15, 0.2) is 28.9 Å². The van der Waals surface area contributed by atoms with E-state index in [1.165, 1.54) is 12.1 Å². The molecule has 0 bridgehead atoms. The molecular weight excluding hydrogens is 275 g/mol. The zero-order chi connectivity index (χ0) is 14.8. The Morgan fingerprint density at radius 1 is 1.38 bits per heavy atom. The molecule has 1 aromatic carbocycles. The molecule has 7 nitrogen and oxygen atoms in total. The van der Waals surface area contributed by atoms with Gasteiger partial charge in [-0.15, -0.1) is 5.10 Å². The molecule has 2 aromatic heterocycles. The van der Waals surface area contributed by atoms with Gasteiger partial charge in [-0.2, -0.15) is 4.98 Å². The van der Waals surface area contributed by atoms with Crippen molar-refractivity contribution in [1.82, 2.24) is 25.1 Å². The smallest absolute Gasteiger partial charge is 0.248 e. The van der Waals surface area contributed by atoms with Crippen LogP contribution in [0.4, 0.5) is 4.39 Å². The minimum absolute atomic E-state index is 0.295. The van der Waals surface area contributed by atoms with E-state index < -0.39 is 0 Å². The lowest BCUT2D eigenvalue weighted by Crippen LogP contribution is -2.01. The van der Waals surface area contributed by atoms with E-state index in [4.69, 9.17) is 10.3 Å². The molecule has 0 unspecified atom stereocenters. The predicted molar refractivity (Wildman–Crippen MR) is 71.4 cm³/mol. The van der Waals surface area contributed by atoms with Crippen LogP contribution in [-0.4, -0.2) is 25.1 Å². The monoisotopic (exact) mass is 288 g/mol. The van der Waals surface area contributed by atoms with E-state index in [1.807, 2.05) is 0 Å². The zero-order valence-electron chi connectivity index (χ0n) is 11.3. The van der Waals surface area contributed by atoms with Gasteiger partial charge in [0.05, 0.1) is 11.9 Å². The van der Waals surface area contributed by atoms with Crippen LogP contribution in [-0.2, 0) is 13.1 Å². The Labute approximate surface area is 119 Å². The maximum Gasteiger partial charge on any atom is 0.248 e. The largest absolute Gasteiger partial charge is 0.337 e. The van der Waals surface area contributed by atoms with Crippen LogP contribution in [0, 0.1) is 12.7 Å². The van der Waals surface area contributed by atoms with Crippen molar-refractivity contribution in [2.75, 3.05) is 0 Å². The highest BCUT2D eigenvalue weighted by molar-refractivity contribution is 5.59. The molecule has 21 heavy (non-hydrogen) atoms. The number of rotatable bonds is 4. The number of nitrogens with zero attached hydrogens (tertiary/aromatic N) is 5. The van der Waals surface area contributed by atoms with Gasteiger partial charge in [0, 0.05) is 12.1 Å². The van der Waals surface area contributed by atoms with Gasteiger partial charge in [-0.25, -0.2) is 9.07 Å². The van der Waals surface area contributed by atoms with Crippen LogP contribution in [0.25, 0.3) is 11.4 Å².